The molecule has 2 N–H and O–H groups in total. The summed E-state index contributed by atoms with van der Waals surface area (Å²) in [6.45, 7) is 13.0. The molecule has 8 heteroatoms. The number of fused-ring (bicyclic) bond motifs is 1. The lowest BCUT2D eigenvalue weighted by atomic mass is 10.00. The van der Waals surface area contributed by atoms with Crippen LogP contribution in [-0.4, -0.2) is 35.5 Å². The van der Waals surface area contributed by atoms with Gasteiger partial charge in [-0.15, -0.1) is 24.2 Å². The Morgan fingerprint density at radius 1 is 1.18 bits per heavy atom. The molecule has 0 spiro atoms. The molecular formula is C25H31ClN4O2S. The zero-order chi connectivity index (χ0) is 25.5. The molecule has 0 saturated carbocycles. The van der Waals surface area contributed by atoms with Crippen molar-refractivity contribution in [1.29, 1.82) is 10.8 Å². The van der Waals surface area contributed by atoms with Crippen LogP contribution in [0, 0.1) is 37.5 Å². The van der Waals surface area contributed by atoms with Gasteiger partial charge in [-0.3, -0.25) is 25.5 Å². The Balaban J connectivity index is 0.000000464. The van der Waals surface area contributed by atoms with Crippen molar-refractivity contribution in [2.45, 2.75) is 54.1 Å². The molecule has 0 atom stereocenters. The van der Waals surface area contributed by atoms with Crippen molar-refractivity contribution < 1.29 is 9.53 Å². The van der Waals surface area contributed by atoms with Crippen LogP contribution < -0.4 is 4.90 Å². The number of aliphatic imine (C=N–C) groups is 1. The van der Waals surface area contributed by atoms with Crippen LogP contribution >= 0.6 is 22.9 Å². The molecule has 2 aromatic rings. The van der Waals surface area contributed by atoms with Gasteiger partial charge in [-0.25, -0.2) is 0 Å². The highest BCUT2D eigenvalue weighted by Gasteiger charge is 2.28. The van der Waals surface area contributed by atoms with Crippen LogP contribution in [0.25, 0.3) is 0 Å². The van der Waals surface area contributed by atoms with Crippen molar-refractivity contribution >= 4 is 51.3 Å². The summed E-state index contributed by atoms with van der Waals surface area (Å²) in [4.78, 5) is 17.8. The first-order valence-corrected chi connectivity index (χ1v) is 11.4. The average Bonchev–Trinajstić information content (AvgIpc) is 2.89. The monoisotopic (exact) mass is 486 g/mol. The minimum absolute atomic E-state index is 0.225. The van der Waals surface area contributed by atoms with E-state index in [2.05, 4.69) is 31.7 Å². The third-order valence-electron chi connectivity index (χ3n) is 4.37. The Labute approximate surface area is 205 Å². The molecule has 0 aliphatic carbocycles. The molecule has 1 aromatic carbocycles. The maximum Gasteiger partial charge on any atom is 0.303 e. The van der Waals surface area contributed by atoms with Gasteiger partial charge in [0.1, 0.15) is 22.3 Å². The molecule has 0 fully saturated rings. The number of carbonyl (C=O) groups is 1. The summed E-state index contributed by atoms with van der Waals surface area (Å²) in [5.41, 5.74) is 3.69. The summed E-state index contributed by atoms with van der Waals surface area (Å²) in [6.07, 6.45) is 8.00. The third kappa shape index (κ3) is 7.55. The maximum atomic E-state index is 10.2. The molecule has 1 aliphatic rings. The van der Waals surface area contributed by atoms with Gasteiger partial charge in [0.25, 0.3) is 0 Å². The summed E-state index contributed by atoms with van der Waals surface area (Å²) in [6, 6.07) is 7.61. The van der Waals surface area contributed by atoms with Crippen LogP contribution in [0.2, 0.25) is 5.02 Å². The molecule has 6 nitrogen and oxygen atoms in total. The topological polar surface area (TPSA) is 89.6 Å². The number of aryl methyl sites for hydroxylation is 1. The fourth-order valence-electron chi connectivity index (χ4n) is 3.10. The summed E-state index contributed by atoms with van der Waals surface area (Å²) < 4.78 is 4.80. The maximum absolute atomic E-state index is 10.2. The Morgan fingerprint density at radius 2 is 1.73 bits per heavy atom. The number of carbonyl (C=O) groups excluding carboxylic acids is 1. The van der Waals surface area contributed by atoms with E-state index in [1.165, 1.54) is 11.8 Å². The number of thiophene rings is 1. The van der Waals surface area contributed by atoms with Crippen LogP contribution in [0.4, 0.5) is 5.00 Å². The normalized spacial score (nSPS) is 12.7. The van der Waals surface area contributed by atoms with E-state index in [9.17, 15) is 4.79 Å². The second-order valence-corrected chi connectivity index (χ2v) is 9.85. The van der Waals surface area contributed by atoms with Gasteiger partial charge >= 0.3 is 5.97 Å². The molecule has 1 aromatic heterocycles. The van der Waals surface area contributed by atoms with Crippen molar-refractivity contribution in [2.75, 3.05) is 11.4 Å². The van der Waals surface area contributed by atoms with Gasteiger partial charge in [-0.05, 0) is 59.2 Å². The number of terminal acetylenes is 1. The van der Waals surface area contributed by atoms with Crippen molar-refractivity contribution in [3.63, 3.8) is 0 Å². The van der Waals surface area contributed by atoms with E-state index in [4.69, 9.17) is 27.2 Å². The summed E-state index contributed by atoms with van der Waals surface area (Å²) in [7, 11) is 0. The van der Waals surface area contributed by atoms with Gasteiger partial charge in [-0.2, -0.15) is 0 Å². The van der Waals surface area contributed by atoms with Crippen LogP contribution in [0.3, 0.4) is 0 Å². The van der Waals surface area contributed by atoms with Crippen LogP contribution in [0.1, 0.15) is 56.2 Å². The molecule has 1 aliphatic heterocycles. The molecule has 0 amide bonds. The van der Waals surface area contributed by atoms with E-state index >= 15 is 0 Å². The van der Waals surface area contributed by atoms with Gasteiger partial charge in [0.05, 0.1) is 12.3 Å². The molecule has 0 bridgehead atoms. The first-order chi connectivity index (χ1) is 15.3. The molecule has 0 unspecified atom stereocenters. The van der Waals surface area contributed by atoms with Crippen LogP contribution in [-0.2, 0) is 9.53 Å². The van der Waals surface area contributed by atoms with Gasteiger partial charge < -0.3 is 4.74 Å². The largest absolute Gasteiger partial charge is 0.460 e. The zero-order valence-electron chi connectivity index (χ0n) is 20.2. The number of nitrogens with zero attached hydrogens (tertiary/aromatic N) is 2. The second-order valence-electron chi connectivity index (χ2n) is 8.21. The highest BCUT2D eigenvalue weighted by Crippen LogP contribution is 2.39. The number of ether oxygens (including phenoxy) is 1. The number of halogens is 1. The van der Waals surface area contributed by atoms with E-state index < -0.39 is 0 Å². The van der Waals surface area contributed by atoms with Crippen LogP contribution in [0.15, 0.2) is 29.3 Å². The minimum Gasteiger partial charge on any atom is -0.460 e. The van der Waals surface area contributed by atoms with Crippen molar-refractivity contribution in [3.05, 3.63) is 50.9 Å². The van der Waals surface area contributed by atoms with Gasteiger partial charge in [0.15, 0.2) is 0 Å². The number of esters is 1. The highest BCUT2D eigenvalue weighted by molar-refractivity contribution is 7.17. The predicted octanol–water partition coefficient (Wildman–Crippen LogP) is 6.25. The molecule has 33 heavy (non-hydrogen) atoms. The summed E-state index contributed by atoms with van der Waals surface area (Å²) in [5.74, 6) is 0.437. The Morgan fingerprint density at radius 3 is 2.15 bits per heavy atom. The SMILES string of the molecule is C#C.CC(=N)N1C(=N)CN=C(c2ccc(Cl)cc2)c2c1sc(C)c2C.CC(=O)OC(C)(C)C. The minimum atomic E-state index is -0.328. The van der Waals surface area contributed by atoms with E-state index in [0.29, 0.717) is 16.7 Å². The highest BCUT2D eigenvalue weighted by atomic mass is 35.5. The Bertz CT molecular complexity index is 1080. The molecule has 176 valence electrons. The fourth-order valence-corrected chi connectivity index (χ4v) is 4.46. The number of benzene rings is 1. The fraction of sp³-hybridized carbons (Fsp3) is 0.360. The summed E-state index contributed by atoms with van der Waals surface area (Å²) >= 11 is 7.61. The third-order valence-corrected chi connectivity index (χ3v) is 5.81. The molecule has 0 saturated heterocycles. The lowest BCUT2D eigenvalue weighted by molar-refractivity contribution is -0.151. The lowest BCUT2D eigenvalue weighted by Crippen LogP contribution is -2.35. The Kier molecular flexibility index (Phi) is 10.0. The molecule has 3 rings (SSSR count). The van der Waals surface area contributed by atoms with Gasteiger partial charge in [-0.1, -0.05) is 23.7 Å². The van der Waals surface area contributed by atoms with E-state index in [-0.39, 0.29) is 18.1 Å². The summed E-state index contributed by atoms with van der Waals surface area (Å²) in [5, 5.41) is 17.9. The molecule has 2 heterocycles. The van der Waals surface area contributed by atoms with Crippen LogP contribution in [0.5, 0.6) is 0 Å². The number of rotatable bonds is 1. The lowest BCUT2D eigenvalue weighted by Gasteiger charge is -2.21. The smallest absolute Gasteiger partial charge is 0.303 e. The number of hydrogen-bond donors (Lipinski definition) is 2. The number of amidine groups is 2. The van der Waals surface area contributed by atoms with Gasteiger partial charge in [0, 0.05) is 28.0 Å². The first kappa shape index (κ1) is 28.1. The predicted molar refractivity (Wildman–Crippen MR) is 141 cm³/mol. The average molecular weight is 487 g/mol. The van der Waals surface area contributed by atoms with Crippen molar-refractivity contribution in [2.24, 2.45) is 4.99 Å². The number of anilines is 1. The quantitative estimate of drug-likeness (QED) is 0.216. The standard InChI is InChI=1S/C17H17ClN4S.C6H12O2.C2H2/c1-9-10(2)23-17-15(9)16(12-4-6-13(18)7-5-12)21-8-14(20)22(17)11(3)19;1-5(7)8-6(2,3)4;1-2/h4-7,19-20H,8H2,1-3H3;1-4H3;1-2H. The van der Waals surface area contributed by atoms with Crippen molar-refractivity contribution in [3.8, 4) is 12.8 Å². The second kappa shape index (κ2) is 11.8. The number of hydrogen-bond acceptors (Lipinski definition) is 6. The van der Waals surface area contributed by atoms with E-state index in [1.54, 1.807) is 23.2 Å². The van der Waals surface area contributed by atoms with Gasteiger partial charge in [0.2, 0.25) is 0 Å². The Hall–Kier alpha value is -2.95. The van der Waals surface area contributed by atoms with E-state index in [0.717, 1.165) is 27.4 Å². The number of nitrogens with one attached hydrogen (secondary N) is 2. The zero-order valence-corrected chi connectivity index (χ0v) is 21.7. The van der Waals surface area contributed by atoms with E-state index in [1.807, 2.05) is 45.0 Å². The molecular weight excluding hydrogens is 456 g/mol. The first-order valence-electron chi connectivity index (χ1n) is 10.2. The molecule has 0 radical (unpaired) electrons. The van der Waals surface area contributed by atoms with Crippen molar-refractivity contribution in [1.82, 2.24) is 0 Å².